The normalized spacial score (nSPS) is 32.0. The molecule has 1 N–H and O–H groups in total. The summed E-state index contributed by atoms with van der Waals surface area (Å²) < 4.78 is 17.8. The zero-order valence-electron chi connectivity index (χ0n) is 21.4. The van der Waals surface area contributed by atoms with E-state index in [1.165, 1.54) is 32.1 Å². The van der Waals surface area contributed by atoms with E-state index in [0.717, 1.165) is 28.7 Å². The van der Waals surface area contributed by atoms with Crippen molar-refractivity contribution in [3.05, 3.63) is 60.7 Å². The molecular formula is C30H38O6. The summed E-state index contributed by atoms with van der Waals surface area (Å²) in [4.78, 5) is 12.1. The van der Waals surface area contributed by atoms with Gasteiger partial charge < -0.3 is 19.3 Å². The molecule has 4 aliphatic carbocycles. The van der Waals surface area contributed by atoms with Crippen molar-refractivity contribution in [3.8, 4) is 17.2 Å². The van der Waals surface area contributed by atoms with Gasteiger partial charge in [-0.2, -0.15) is 4.89 Å². The second kappa shape index (κ2) is 10.9. The van der Waals surface area contributed by atoms with Crippen LogP contribution in [0, 0.1) is 23.7 Å². The average Bonchev–Trinajstić information content (AvgIpc) is 2.92. The molecule has 1 spiro atoms. The molecule has 4 saturated carbocycles. The predicted octanol–water partition coefficient (Wildman–Crippen LogP) is 6.39. The Balaban J connectivity index is 0.00000130. The second-order valence-corrected chi connectivity index (χ2v) is 10.2. The SMILES string of the molecule is C=C(c1ccc(Oc2ccc(OCCO)cc2)cc1)C1COC2(OO1)C1CC3CC(C1)CC2C3.CC. The molecule has 1 unspecified atom stereocenters. The third kappa shape index (κ3) is 4.92. The fourth-order valence-corrected chi connectivity index (χ4v) is 6.59. The van der Waals surface area contributed by atoms with E-state index in [4.69, 9.17) is 29.1 Å². The third-order valence-corrected chi connectivity index (χ3v) is 8.06. The van der Waals surface area contributed by atoms with Crippen LogP contribution in [0.25, 0.3) is 5.57 Å². The lowest BCUT2D eigenvalue weighted by Gasteiger charge is -2.60. The van der Waals surface area contributed by atoms with Crippen molar-refractivity contribution in [2.75, 3.05) is 19.8 Å². The molecule has 6 heteroatoms. The molecule has 1 aliphatic heterocycles. The van der Waals surface area contributed by atoms with E-state index in [-0.39, 0.29) is 19.3 Å². The average molecular weight is 495 g/mol. The summed E-state index contributed by atoms with van der Waals surface area (Å²) in [6, 6.07) is 15.1. The molecule has 1 saturated heterocycles. The van der Waals surface area contributed by atoms with Crippen molar-refractivity contribution < 1.29 is 29.1 Å². The topological polar surface area (TPSA) is 66.4 Å². The highest BCUT2D eigenvalue weighted by Gasteiger charge is 2.61. The minimum atomic E-state index is -0.541. The zero-order chi connectivity index (χ0) is 25.1. The lowest BCUT2D eigenvalue weighted by molar-refractivity contribution is -0.517. The molecule has 4 bridgehead atoms. The molecule has 1 atom stereocenters. The minimum absolute atomic E-state index is 0.0111. The van der Waals surface area contributed by atoms with Crippen LogP contribution in [0.4, 0.5) is 0 Å². The van der Waals surface area contributed by atoms with E-state index >= 15 is 0 Å². The smallest absolute Gasteiger partial charge is 0.207 e. The number of benzene rings is 2. The largest absolute Gasteiger partial charge is 0.491 e. The summed E-state index contributed by atoms with van der Waals surface area (Å²) in [5, 5.41) is 8.85. The summed E-state index contributed by atoms with van der Waals surface area (Å²) in [5.74, 6) is 4.22. The fraction of sp³-hybridized carbons (Fsp3) is 0.533. The molecule has 2 aromatic carbocycles. The van der Waals surface area contributed by atoms with Crippen LogP contribution in [-0.4, -0.2) is 36.8 Å². The Kier molecular flexibility index (Phi) is 7.68. The van der Waals surface area contributed by atoms with Crippen LogP contribution in [0.1, 0.15) is 51.5 Å². The van der Waals surface area contributed by atoms with Crippen LogP contribution >= 0.6 is 0 Å². The first-order chi connectivity index (χ1) is 17.6. The number of ether oxygens (including phenoxy) is 3. The van der Waals surface area contributed by atoms with E-state index in [1.807, 2.05) is 62.4 Å². The number of hydrogen-bond acceptors (Lipinski definition) is 6. The van der Waals surface area contributed by atoms with Crippen LogP contribution in [0.2, 0.25) is 0 Å². The Labute approximate surface area is 214 Å². The molecule has 6 nitrogen and oxygen atoms in total. The highest BCUT2D eigenvalue weighted by Crippen LogP contribution is 2.60. The maximum atomic E-state index is 8.85. The van der Waals surface area contributed by atoms with Crippen LogP contribution in [0.5, 0.6) is 17.2 Å². The van der Waals surface area contributed by atoms with Gasteiger partial charge in [0.25, 0.3) is 0 Å². The van der Waals surface area contributed by atoms with E-state index in [0.29, 0.717) is 29.9 Å². The Morgan fingerprint density at radius 1 is 0.889 bits per heavy atom. The van der Waals surface area contributed by atoms with Gasteiger partial charge >= 0.3 is 0 Å². The van der Waals surface area contributed by atoms with Gasteiger partial charge in [0, 0.05) is 11.8 Å². The first-order valence-corrected chi connectivity index (χ1v) is 13.4. The van der Waals surface area contributed by atoms with E-state index < -0.39 is 5.79 Å². The minimum Gasteiger partial charge on any atom is -0.491 e. The predicted molar refractivity (Wildman–Crippen MR) is 138 cm³/mol. The van der Waals surface area contributed by atoms with Crippen LogP contribution in [-0.2, 0) is 14.5 Å². The van der Waals surface area contributed by atoms with E-state index in [2.05, 4.69) is 6.58 Å². The van der Waals surface area contributed by atoms with Gasteiger partial charge in [-0.25, -0.2) is 4.89 Å². The molecule has 7 rings (SSSR count). The molecule has 194 valence electrons. The van der Waals surface area contributed by atoms with Gasteiger partial charge in [-0.1, -0.05) is 32.6 Å². The molecular weight excluding hydrogens is 456 g/mol. The van der Waals surface area contributed by atoms with Crippen molar-refractivity contribution >= 4 is 5.57 Å². The summed E-state index contributed by atoms with van der Waals surface area (Å²) in [6.07, 6.45) is 5.92. The van der Waals surface area contributed by atoms with E-state index in [1.54, 1.807) is 0 Å². The number of rotatable bonds is 7. The van der Waals surface area contributed by atoms with Gasteiger partial charge in [0.2, 0.25) is 5.79 Å². The molecule has 0 radical (unpaired) electrons. The number of aliphatic hydroxyl groups excluding tert-OH is 1. The van der Waals surface area contributed by atoms with Gasteiger partial charge in [0.05, 0.1) is 13.2 Å². The number of aliphatic hydroxyl groups is 1. The summed E-state index contributed by atoms with van der Waals surface area (Å²) in [6.45, 7) is 9.00. The summed E-state index contributed by atoms with van der Waals surface area (Å²) >= 11 is 0. The van der Waals surface area contributed by atoms with Crippen LogP contribution in [0.3, 0.4) is 0 Å². The molecule has 36 heavy (non-hydrogen) atoms. The number of hydrogen-bond donors (Lipinski definition) is 1. The zero-order valence-corrected chi connectivity index (χ0v) is 21.4. The lowest BCUT2D eigenvalue weighted by atomic mass is 9.53. The van der Waals surface area contributed by atoms with Crippen molar-refractivity contribution in [1.82, 2.24) is 0 Å². The Morgan fingerprint density at radius 3 is 1.97 bits per heavy atom. The first kappa shape index (κ1) is 25.3. The Morgan fingerprint density at radius 2 is 1.44 bits per heavy atom. The Hall–Kier alpha value is -2.38. The van der Waals surface area contributed by atoms with Gasteiger partial charge in [0.15, 0.2) is 0 Å². The molecule has 5 fully saturated rings. The van der Waals surface area contributed by atoms with Crippen molar-refractivity contribution in [2.24, 2.45) is 23.7 Å². The molecule has 0 amide bonds. The maximum absolute atomic E-state index is 8.85. The highest BCUT2D eigenvalue weighted by molar-refractivity contribution is 5.67. The first-order valence-electron chi connectivity index (χ1n) is 13.4. The monoisotopic (exact) mass is 494 g/mol. The van der Waals surface area contributed by atoms with Gasteiger partial charge in [-0.3, -0.25) is 0 Å². The fourth-order valence-electron chi connectivity index (χ4n) is 6.59. The molecule has 1 heterocycles. The standard InChI is InChI=1S/C28H32O6.C2H6/c1-18(21-2-4-25(5-3-21)32-26-8-6-24(7-9-26)30-11-10-29)27-17-31-28(34-33-27)22-13-19-12-20(15-22)16-23(28)14-19;1-2/h2-9,19-20,22-23,27,29H,1,10-17H2;1-2H3. The van der Waals surface area contributed by atoms with Gasteiger partial charge in [0.1, 0.15) is 30.0 Å². The second-order valence-electron chi connectivity index (χ2n) is 10.2. The van der Waals surface area contributed by atoms with E-state index in [9.17, 15) is 0 Å². The van der Waals surface area contributed by atoms with Gasteiger partial charge in [-0.05, 0) is 91.5 Å². The van der Waals surface area contributed by atoms with Crippen LogP contribution < -0.4 is 9.47 Å². The Bertz CT molecular complexity index is 977. The molecule has 2 aromatic rings. The van der Waals surface area contributed by atoms with Gasteiger partial charge in [-0.15, -0.1) is 0 Å². The summed E-state index contributed by atoms with van der Waals surface area (Å²) in [5.41, 5.74) is 1.81. The molecule has 5 aliphatic rings. The lowest BCUT2D eigenvalue weighted by Crippen LogP contribution is -2.63. The quantitative estimate of drug-likeness (QED) is 0.450. The van der Waals surface area contributed by atoms with Crippen molar-refractivity contribution in [1.29, 1.82) is 0 Å². The van der Waals surface area contributed by atoms with Crippen molar-refractivity contribution in [3.63, 3.8) is 0 Å². The summed E-state index contributed by atoms with van der Waals surface area (Å²) in [7, 11) is 0. The van der Waals surface area contributed by atoms with Crippen LogP contribution in [0.15, 0.2) is 55.1 Å². The molecule has 0 aromatic heterocycles. The third-order valence-electron chi connectivity index (χ3n) is 8.06. The van der Waals surface area contributed by atoms with Crippen molar-refractivity contribution in [2.45, 2.75) is 57.8 Å². The maximum Gasteiger partial charge on any atom is 0.207 e. The highest BCUT2D eigenvalue weighted by atomic mass is 17.2.